The highest BCUT2D eigenvalue weighted by molar-refractivity contribution is 14.1. The molecule has 1 N–H and O–H groups in total. The molecule has 0 aliphatic carbocycles. The molecule has 2 aromatic rings. The molecule has 96 valence electrons. The van der Waals surface area contributed by atoms with Crippen LogP contribution < -0.4 is 5.32 Å². The second kappa shape index (κ2) is 6.01. The van der Waals surface area contributed by atoms with Crippen molar-refractivity contribution >= 4 is 44.2 Å². The van der Waals surface area contributed by atoms with Crippen LogP contribution in [0.25, 0.3) is 0 Å². The summed E-state index contributed by atoms with van der Waals surface area (Å²) in [5.74, 6) is 0.940. The molecule has 1 aromatic heterocycles. The Balaban J connectivity index is 2.09. The van der Waals surface area contributed by atoms with Crippen molar-refractivity contribution < 1.29 is 0 Å². The summed E-state index contributed by atoms with van der Waals surface area (Å²) in [7, 11) is 0. The maximum Gasteiger partial charge on any atom is 0.146 e. The number of benzene rings is 1. The largest absolute Gasteiger partial charge is 0.377 e. The maximum absolute atomic E-state index is 4.27. The van der Waals surface area contributed by atoms with E-state index in [1.54, 1.807) is 6.33 Å². The fourth-order valence-corrected chi connectivity index (χ4v) is 3.08. The van der Waals surface area contributed by atoms with Gasteiger partial charge in [-0.05, 0) is 70.6 Å². The fourth-order valence-electron chi connectivity index (χ4n) is 1.64. The van der Waals surface area contributed by atoms with Crippen molar-refractivity contribution in [3.63, 3.8) is 0 Å². The molecule has 0 aliphatic rings. The van der Waals surface area contributed by atoms with E-state index < -0.39 is 0 Å². The average Bonchev–Trinajstić information content (AvgIpc) is 2.76. The molecule has 1 heterocycles. The average molecular weight is 421 g/mol. The van der Waals surface area contributed by atoms with Crippen LogP contribution in [0.15, 0.2) is 29.0 Å². The lowest BCUT2D eigenvalue weighted by atomic mass is 10.3. The third-order valence-electron chi connectivity index (χ3n) is 2.50. The Labute approximate surface area is 128 Å². The van der Waals surface area contributed by atoms with Crippen molar-refractivity contribution in [1.29, 1.82) is 0 Å². The summed E-state index contributed by atoms with van der Waals surface area (Å²) < 4.78 is 4.19. The van der Waals surface area contributed by atoms with E-state index in [1.807, 2.05) is 4.68 Å². The molecule has 18 heavy (non-hydrogen) atoms. The summed E-state index contributed by atoms with van der Waals surface area (Å²) in [6.45, 7) is 4.86. The van der Waals surface area contributed by atoms with E-state index in [9.17, 15) is 0 Å². The molecule has 0 saturated carbocycles. The maximum atomic E-state index is 4.27. The van der Waals surface area contributed by atoms with Crippen LogP contribution in [-0.4, -0.2) is 14.8 Å². The van der Waals surface area contributed by atoms with Crippen LogP contribution in [0, 0.1) is 3.57 Å². The molecule has 0 spiro atoms. The van der Waals surface area contributed by atoms with Gasteiger partial charge in [0.2, 0.25) is 0 Å². The minimum atomic E-state index is 0.324. The molecule has 0 radical (unpaired) electrons. The monoisotopic (exact) mass is 420 g/mol. The molecule has 0 aliphatic heterocycles. The molecule has 0 atom stereocenters. The van der Waals surface area contributed by atoms with Crippen LogP contribution >= 0.6 is 38.5 Å². The first-order valence-electron chi connectivity index (χ1n) is 5.65. The van der Waals surface area contributed by atoms with E-state index >= 15 is 0 Å². The zero-order chi connectivity index (χ0) is 13.1. The Hall–Kier alpha value is -0.630. The highest BCUT2D eigenvalue weighted by Crippen LogP contribution is 2.24. The zero-order valence-electron chi connectivity index (χ0n) is 10.2. The van der Waals surface area contributed by atoms with Gasteiger partial charge in [-0.1, -0.05) is 0 Å². The second-order valence-electron chi connectivity index (χ2n) is 4.19. The van der Waals surface area contributed by atoms with E-state index in [1.165, 1.54) is 3.57 Å². The molecule has 0 fully saturated rings. The lowest BCUT2D eigenvalue weighted by molar-refractivity contribution is 0.509. The Kier molecular flexibility index (Phi) is 4.60. The molecule has 4 nitrogen and oxygen atoms in total. The van der Waals surface area contributed by atoms with Gasteiger partial charge in [-0.2, -0.15) is 5.10 Å². The molecule has 0 amide bonds. The van der Waals surface area contributed by atoms with E-state index in [2.05, 4.69) is 86.0 Å². The number of halogens is 2. The summed E-state index contributed by atoms with van der Waals surface area (Å²) in [5.41, 5.74) is 1.06. The molecule has 1 aromatic carbocycles. The Morgan fingerprint density at radius 1 is 1.44 bits per heavy atom. The van der Waals surface area contributed by atoms with Crippen molar-refractivity contribution in [2.24, 2.45) is 0 Å². The summed E-state index contributed by atoms with van der Waals surface area (Å²) in [4.78, 5) is 4.27. The van der Waals surface area contributed by atoms with E-state index in [4.69, 9.17) is 0 Å². The third kappa shape index (κ3) is 3.23. The first-order chi connectivity index (χ1) is 8.58. The lowest BCUT2D eigenvalue weighted by Gasteiger charge is -2.11. The summed E-state index contributed by atoms with van der Waals surface area (Å²) in [6.07, 6.45) is 1.60. The van der Waals surface area contributed by atoms with Crippen molar-refractivity contribution in [3.8, 4) is 0 Å². The Bertz CT molecular complexity index is 539. The van der Waals surface area contributed by atoms with Crippen LogP contribution in [0.3, 0.4) is 0 Å². The molecular formula is C12H14BrIN4. The second-order valence-corrected chi connectivity index (χ2v) is 6.29. The van der Waals surface area contributed by atoms with Crippen molar-refractivity contribution in [2.45, 2.75) is 26.4 Å². The number of rotatable bonds is 4. The topological polar surface area (TPSA) is 42.7 Å². The molecule has 0 saturated heterocycles. The number of nitrogens with one attached hydrogen (secondary N) is 1. The smallest absolute Gasteiger partial charge is 0.146 e. The van der Waals surface area contributed by atoms with Gasteiger partial charge >= 0.3 is 0 Å². The van der Waals surface area contributed by atoms with Crippen molar-refractivity contribution in [1.82, 2.24) is 14.8 Å². The number of anilines is 1. The highest BCUT2D eigenvalue weighted by Gasteiger charge is 2.08. The van der Waals surface area contributed by atoms with Crippen molar-refractivity contribution in [3.05, 3.63) is 38.4 Å². The molecule has 0 bridgehead atoms. The first-order valence-corrected chi connectivity index (χ1v) is 7.52. The number of nitrogens with zero attached hydrogens (tertiary/aromatic N) is 3. The van der Waals surface area contributed by atoms with Crippen LogP contribution in [0.4, 0.5) is 5.69 Å². The van der Waals surface area contributed by atoms with Crippen LogP contribution in [-0.2, 0) is 6.54 Å². The van der Waals surface area contributed by atoms with Gasteiger partial charge in [-0.25, -0.2) is 9.67 Å². The SMILES string of the molecule is CC(C)n1ncnc1CNc1ccc(I)cc1Br. The van der Waals surface area contributed by atoms with Gasteiger partial charge in [0.05, 0.1) is 6.54 Å². The molecular weight excluding hydrogens is 407 g/mol. The minimum Gasteiger partial charge on any atom is -0.377 e. The van der Waals surface area contributed by atoms with Gasteiger partial charge in [-0.3, -0.25) is 0 Å². The predicted molar refractivity (Wildman–Crippen MR) is 84.6 cm³/mol. The van der Waals surface area contributed by atoms with E-state index in [0.29, 0.717) is 12.6 Å². The standard InChI is InChI=1S/C12H14BrIN4/c1-8(2)18-12(16-7-17-18)6-15-11-4-3-9(14)5-10(11)13/h3-5,7-8,15H,6H2,1-2H3. The van der Waals surface area contributed by atoms with Crippen LogP contribution in [0.2, 0.25) is 0 Å². The summed E-state index contributed by atoms with van der Waals surface area (Å²) in [6, 6.07) is 6.53. The van der Waals surface area contributed by atoms with Gasteiger partial charge in [0.15, 0.2) is 0 Å². The van der Waals surface area contributed by atoms with Crippen LogP contribution in [0.1, 0.15) is 25.7 Å². The number of hydrogen-bond acceptors (Lipinski definition) is 3. The van der Waals surface area contributed by atoms with Gasteiger partial charge in [0, 0.05) is 19.8 Å². The molecule has 2 rings (SSSR count). The van der Waals surface area contributed by atoms with Gasteiger partial charge in [0.1, 0.15) is 12.2 Å². The van der Waals surface area contributed by atoms with E-state index in [0.717, 1.165) is 16.0 Å². The number of aromatic nitrogens is 3. The van der Waals surface area contributed by atoms with Gasteiger partial charge < -0.3 is 5.32 Å². The Morgan fingerprint density at radius 2 is 2.22 bits per heavy atom. The summed E-state index contributed by atoms with van der Waals surface area (Å²) >= 11 is 5.84. The highest BCUT2D eigenvalue weighted by atomic mass is 127. The molecule has 0 unspecified atom stereocenters. The number of hydrogen-bond donors (Lipinski definition) is 1. The normalized spacial score (nSPS) is 10.9. The zero-order valence-corrected chi connectivity index (χ0v) is 13.9. The lowest BCUT2D eigenvalue weighted by Crippen LogP contribution is -2.12. The van der Waals surface area contributed by atoms with Gasteiger partial charge in [0.25, 0.3) is 0 Å². The summed E-state index contributed by atoms with van der Waals surface area (Å²) in [5, 5.41) is 7.58. The van der Waals surface area contributed by atoms with E-state index in [-0.39, 0.29) is 0 Å². The third-order valence-corrected chi connectivity index (χ3v) is 3.83. The quantitative estimate of drug-likeness (QED) is 0.764. The Morgan fingerprint density at radius 3 is 2.89 bits per heavy atom. The van der Waals surface area contributed by atoms with Crippen LogP contribution in [0.5, 0.6) is 0 Å². The fraction of sp³-hybridized carbons (Fsp3) is 0.333. The molecule has 6 heteroatoms. The predicted octanol–water partition coefficient (Wildman–Crippen LogP) is 3.84. The minimum absolute atomic E-state index is 0.324. The van der Waals surface area contributed by atoms with Gasteiger partial charge in [-0.15, -0.1) is 0 Å². The van der Waals surface area contributed by atoms with Crippen molar-refractivity contribution in [2.75, 3.05) is 5.32 Å². The first kappa shape index (κ1) is 13.8.